The second-order valence-electron chi connectivity index (χ2n) is 5.22. The number of benzene rings is 1. The van der Waals surface area contributed by atoms with Crippen LogP contribution in [0.5, 0.6) is 0 Å². The van der Waals surface area contributed by atoms with Gasteiger partial charge in [-0.25, -0.2) is 9.37 Å². The van der Waals surface area contributed by atoms with E-state index in [1.165, 1.54) is 18.2 Å². The van der Waals surface area contributed by atoms with Gasteiger partial charge in [0.15, 0.2) is 5.43 Å². The molecular formula is C16H16FN3OS. The van der Waals surface area contributed by atoms with Gasteiger partial charge >= 0.3 is 0 Å². The predicted molar refractivity (Wildman–Crippen MR) is 86.6 cm³/mol. The van der Waals surface area contributed by atoms with Gasteiger partial charge in [0.1, 0.15) is 5.82 Å². The molecule has 0 unspecified atom stereocenters. The van der Waals surface area contributed by atoms with Crippen molar-refractivity contribution >= 4 is 22.2 Å². The van der Waals surface area contributed by atoms with Crippen LogP contribution in [-0.4, -0.2) is 9.97 Å². The lowest BCUT2D eigenvalue weighted by Gasteiger charge is -2.12. The number of nitrogens with one attached hydrogen (secondary N) is 2. The van der Waals surface area contributed by atoms with Crippen LogP contribution in [0.4, 0.5) is 4.39 Å². The normalized spacial score (nSPS) is 12.7. The van der Waals surface area contributed by atoms with Gasteiger partial charge in [-0.1, -0.05) is 6.07 Å². The van der Waals surface area contributed by atoms with E-state index in [0.717, 1.165) is 10.7 Å². The number of pyridine rings is 1. The van der Waals surface area contributed by atoms with Gasteiger partial charge in [0, 0.05) is 35.1 Å². The highest BCUT2D eigenvalue weighted by atomic mass is 32.1. The zero-order valence-electron chi connectivity index (χ0n) is 12.3. The number of aromatic nitrogens is 2. The van der Waals surface area contributed by atoms with E-state index >= 15 is 0 Å². The molecule has 6 heteroatoms. The summed E-state index contributed by atoms with van der Waals surface area (Å²) in [6.45, 7) is 4.41. The minimum absolute atomic E-state index is 0.0600. The number of nitrogens with zero attached hydrogens (tertiary/aromatic N) is 1. The maximum atomic E-state index is 13.8. The zero-order chi connectivity index (χ0) is 15.7. The molecule has 1 atom stereocenters. The number of aryl methyl sites for hydroxylation is 1. The highest BCUT2D eigenvalue weighted by Crippen LogP contribution is 2.17. The first-order valence-electron chi connectivity index (χ1n) is 7.00. The Morgan fingerprint density at radius 3 is 3.00 bits per heavy atom. The van der Waals surface area contributed by atoms with Gasteiger partial charge in [0.05, 0.1) is 16.2 Å². The average Bonchev–Trinajstić information content (AvgIpc) is 2.93. The Bertz CT molecular complexity index is 871. The van der Waals surface area contributed by atoms with E-state index in [1.807, 2.05) is 19.2 Å². The molecule has 0 amide bonds. The van der Waals surface area contributed by atoms with Gasteiger partial charge in [-0.05, 0) is 26.0 Å². The molecule has 0 aliphatic carbocycles. The molecule has 4 nitrogen and oxygen atoms in total. The summed E-state index contributed by atoms with van der Waals surface area (Å²) in [7, 11) is 0. The summed E-state index contributed by atoms with van der Waals surface area (Å²) in [6.07, 6.45) is 0. The van der Waals surface area contributed by atoms with Crippen molar-refractivity contribution in [3.05, 3.63) is 62.1 Å². The molecule has 1 aromatic carbocycles. The van der Waals surface area contributed by atoms with E-state index in [-0.39, 0.29) is 17.0 Å². The maximum Gasteiger partial charge on any atom is 0.189 e. The first-order valence-corrected chi connectivity index (χ1v) is 7.88. The fourth-order valence-corrected chi connectivity index (χ4v) is 3.04. The number of para-hydroxylation sites is 1. The van der Waals surface area contributed by atoms with Crippen molar-refractivity contribution in [2.75, 3.05) is 0 Å². The summed E-state index contributed by atoms with van der Waals surface area (Å²) in [6, 6.07) is 6.07. The molecule has 2 aromatic heterocycles. The predicted octanol–water partition coefficient (Wildman–Crippen LogP) is 3.28. The van der Waals surface area contributed by atoms with Crippen LogP contribution in [0.2, 0.25) is 0 Å². The van der Waals surface area contributed by atoms with Gasteiger partial charge in [-0.2, -0.15) is 0 Å². The van der Waals surface area contributed by atoms with E-state index in [1.54, 1.807) is 17.4 Å². The van der Waals surface area contributed by atoms with Gasteiger partial charge < -0.3 is 10.3 Å². The molecule has 3 aromatic rings. The SMILES string of the molecule is Cc1nc([C@H](C)NCc2cc(=O)c3cccc(F)c3[nH]2)cs1. The molecule has 0 saturated heterocycles. The molecule has 2 N–H and O–H groups in total. The highest BCUT2D eigenvalue weighted by Gasteiger charge is 2.10. The Morgan fingerprint density at radius 1 is 1.45 bits per heavy atom. The van der Waals surface area contributed by atoms with Crippen LogP contribution in [0.25, 0.3) is 10.9 Å². The minimum Gasteiger partial charge on any atom is -0.355 e. The molecular weight excluding hydrogens is 301 g/mol. The number of hydrogen-bond donors (Lipinski definition) is 2. The van der Waals surface area contributed by atoms with Gasteiger partial charge in [0.2, 0.25) is 0 Å². The van der Waals surface area contributed by atoms with Crippen LogP contribution < -0.4 is 10.7 Å². The van der Waals surface area contributed by atoms with Crippen molar-refractivity contribution in [2.45, 2.75) is 26.4 Å². The summed E-state index contributed by atoms with van der Waals surface area (Å²) in [5.74, 6) is -0.417. The van der Waals surface area contributed by atoms with Gasteiger partial charge in [0.25, 0.3) is 0 Å². The van der Waals surface area contributed by atoms with E-state index in [2.05, 4.69) is 15.3 Å². The number of halogens is 1. The molecule has 3 rings (SSSR count). The van der Waals surface area contributed by atoms with Crippen LogP contribution in [0.1, 0.15) is 29.4 Å². The number of fused-ring (bicyclic) bond motifs is 1. The quantitative estimate of drug-likeness (QED) is 0.776. The molecule has 0 saturated carbocycles. The van der Waals surface area contributed by atoms with Crippen LogP contribution in [0.3, 0.4) is 0 Å². The third-order valence-electron chi connectivity index (χ3n) is 3.55. The number of hydrogen-bond acceptors (Lipinski definition) is 4. The molecule has 22 heavy (non-hydrogen) atoms. The molecule has 0 radical (unpaired) electrons. The first kappa shape index (κ1) is 14.9. The number of thiazole rings is 1. The second kappa shape index (κ2) is 5.98. The summed E-state index contributed by atoms with van der Waals surface area (Å²) in [4.78, 5) is 19.5. The third-order valence-corrected chi connectivity index (χ3v) is 4.34. The van der Waals surface area contributed by atoms with E-state index < -0.39 is 5.82 Å². The Morgan fingerprint density at radius 2 is 2.27 bits per heavy atom. The minimum atomic E-state index is -0.417. The van der Waals surface area contributed by atoms with Crippen molar-refractivity contribution in [1.29, 1.82) is 0 Å². The summed E-state index contributed by atoms with van der Waals surface area (Å²) >= 11 is 1.60. The Hall–Kier alpha value is -2.05. The number of aromatic amines is 1. The topological polar surface area (TPSA) is 57.8 Å². The van der Waals surface area contributed by atoms with Gasteiger partial charge in [-0.3, -0.25) is 4.79 Å². The lowest BCUT2D eigenvalue weighted by molar-refractivity contribution is 0.557. The van der Waals surface area contributed by atoms with Crippen LogP contribution in [-0.2, 0) is 6.54 Å². The van der Waals surface area contributed by atoms with E-state index in [4.69, 9.17) is 0 Å². The fraction of sp³-hybridized carbons (Fsp3) is 0.250. The Balaban J connectivity index is 1.82. The third kappa shape index (κ3) is 2.93. The summed E-state index contributed by atoms with van der Waals surface area (Å²) < 4.78 is 13.8. The largest absolute Gasteiger partial charge is 0.355 e. The lowest BCUT2D eigenvalue weighted by Crippen LogP contribution is -2.20. The van der Waals surface area contributed by atoms with Gasteiger partial charge in [-0.15, -0.1) is 11.3 Å². The van der Waals surface area contributed by atoms with Crippen molar-refractivity contribution < 1.29 is 4.39 Å². The number of rotatable bonds is 4. The molecule has 114 valence electrons. The van der Waals surface area contributed by atoms with Crippen molar-refractivity contribution in [2.24, 2.45) is 0 Å². The molecule has 0 spiro atoms. The van der Waals surface area contributed by atoms with Crippen molar-refractivity contribution in [1.82, 2.24) is 15.3 Å². The average molecular weight is 317 g/mol. The molecule has 0 bridgehead atoms. The summed E-state index contributed by atoms with van der Waals surface area (Å²) in [5.41, 5.74) is 1.70. The Kier molecular flexibility index (Phi) is 4.04. The lowest BCUT2D eigenvalue weighted by atomic mass is 10.2. The highest BCUT2D eigenvalue weighted by molar-refractivity contribution is 7.09. The first-order chi connectivity index (χ1) is 10.5. The summed E-state index contributed by atoms with van der Waals surface area (Å²) in [5, 5.41) is 6.69. The van der Waals surface area contributed by atoms with E-state index in [0.29, 0.717) is 17.6 Å². The van der Waals surface area contributed by atoms with Crippen LogP contribution in [0.15, 0.2) is 34.4 Å². The number of H-pyrrole nitrogens is 1. The maximum absolute atomic E-state index is 13.8. The molecule has 2 heterocycles. The zero-order valence-corrected chi connectivity index (χ0v) is 13.1. The fourth-order valence-electron chi connectivity index (χ4n) is 2.33. The standard InChI is InChI=1S/C16H16FN3OS/c1-9(14-8-22-10(2)19-14)18-7-11-6-15(21)12-4-3-5-13(17)16(12)20-11/h3-6,8-9,18H,7H2,1-2H3,(H,20,21)/t9-/m0/s1. The molecule has 0 aliphatic rings. The molecule has 0 fully saturated rings. The van der Waals surface area contributed by atoms with Crippen molar-refractivity contribution in [3.63, 3.8) is 0 Å². The monoisotopic (exact) mass is 317 g/mol. The van der Waals surface area contributed by atoms with Crippen LogP contribution >= 0.6 is 11.3 Å². The second-order valence-corrected chi connectivity index (χ2v) is 6.28. The van der Waals surface area contributed by atoms with Crippen molar-refractivity contribution in [3.8, 4) is 0 Å². The smallest absolute Gasteiger partial charge is 0.189 e. The van der Waals surface area contributed by atoms with E-state index in [9.17, 15) is 9.18 Å². The molecule has 0 aliphatic heterocycles. The van der Waals surface area contributed by atoms with Crippen LogP contribution in [0, 0.1) is 12.7 Å². The Labute approximate surface area is 131 Å².